The van der Waals surface area contributed by atoms with Crippen LogP contribution in [0.2, 0.25) is 0 Å². The van der Waals surface area contributed by atoms with Crippen LogP contribution in [0.5, 0.6) is 0 Å². The summed E-state index contributed by atoms with van der Waals surface area (Å²) in [6.07, 6.45) is 4.61. The van der Waals surface area contributed by atoms with Gasteiger partial charge in [-0.2, -0.15) is 0 Å². The Kier molecular flexibility index (Phi) is 4.79. The lowest BCUT2D eigenvalue weighted by Crippen LogP contribution is -3.17. The molecule has 0 amide bonds. The van der Waals surface area contributed by atoms with Crippen LogP contribution >= 0.6 is 0 Å². The van der Waals surface area contributed by atoms with E-state index in [1.54, 1.807) is 6.20 Å². The number of benzene rings is 1. The molecule has 1 saturated heterocycles. The van der Waals surface area contributed by atoms with Crippen molar-refractivity contribution in [1.82, 2.24) is 4.98 Å². The first-order valence-electron chi connectivity index (χ1n) is 8.60. The van der Waals surface area contributed by atoms with Gasteiger partial charge in [-0.25, -0.2) is 0 Å². The maximum atomic E-state index is 11.0. The Hall–Kier alpha value is -1.71. The molecule has 3 heteroatoms. The summed E-state index contributed by atoms with van der Waals surface area (Å²) in [5.74, 6) is 1.24. The van der Waals surface area contributed by atoms with E-state index in [1.165, 1.54) is 11.3 Å². The fourth-order valence-electron chi connectivity index (χ4n) is 3.83. The van der Waals surface area contributed by atoms with Crippen molar-refractivity contribution >= 4 is 10.9 Å². The Morgan fingerprint density at radius 3 is 2.91 bits per heavy atom. The maximum Gasteiger partial charge on any atom is 0.131 e. The standard InChI is InChI=1S/C20H26N2O/c1-4-16-13-22(12-10-14(16)2)15(3)20(23)18-9-11-21-19-8-6-5-7-17(18)19/h4-9,11,14-16,20,23H,1,10,12-13H2,2-3H3/p+1. The van der Waals surface area contributed by atoms with E-state index < -0.39 is 6.10 Å². The number of hydrogen-bond acceptors (Lipinski definition) is 2. The fourth-order valence-corrected chi connectivity index (χ4v) is 3.83. The van der Waals surface area contributed by atoms with Crippen LogP contribution in [0.1, 0.15) is 31.9 Å². The molecule has 2 heterocycles. The van der Waals surface area contributed by atoms with Crippen LogP contribution in [0.15, 0.2) is 49.2 Å². The first-order valence-corrected chi connectivity index (χ1v) is 8.60. The monoisotopic (exact) mass is 311 g/mol. The number of hydrogen-bond donors (Lipinski definition) is 2. The number of rotatable bonds is 4. The molecule has 0 aliphatic carbocycles. The highest BCUT2D eigenvalue weighted by atomic mass is 16.3. The molecule has 2 aromatic rings. The van der Waals surface area contributed by atoms with Crippen LogP contribution in [0.25, 0.3) is 10.9 Å². The molecule has 1 aliphatic heterocycles. The van der Waals surface area contributed by atoms with E-state index in [-0.39, 0.29) is 6.04 Å². The molecule has 122 valence electrons. The third-order valence-corrected chi connectivity index (χ3v) is 5.57. The molecule has 5 unspecified atom stereocenters. The number of aliphatic hydroxyl groups is 1. The summed E-state index contributed by atoms with van der Waals surface area (Å²) in [4.78, 5) is 5.87. The van der Waals surface area contributed by atoms with Crippen molar-refractivity contribution in [3.05, 3.63) is 54.7 Å². The molecule has 1 aliphatic rings. The smallest absolute Gasteiger partial charge is 0.131 e. The van der Waals surface area contributed by atoms with Gasteiger partial charge >= 0.3 is 0 Å². The summed E-state index contributed by atoms with van der Waals surface area (Å²) < 4.78 is 0. The van der Waals surface area contributed by atoms with Gasteiger partial charge in [-0.15, -0.1) is 6.58 Å². The van der Waals surface area contributed by atoms with Gasteiger partial charge in [-0.3, -0.25) is 4.98 Å². The topological polar surface area (TPSA) is 37.6 Å². The van der Waals surface area contributed by atoms with Gasteiger partial charge in [0.2, 0.25) is 0 Å². The normalized spacial score (nSPS) is 27.5. The highest BCUT2D eigenvalue weighted by molar-refractivity contribution is 5.82. The third-order valence-electron chi connectivity index (χ3n) is 5.57. The summed E-state index contributed by atoms with van der Waals surface area (Å²) in [7, 11) is 0. The summed E-state index contributed by atoms with van der Waals surface area (Å²) in [5, 5.41) is 12.0. The second-order valence-corrected chi connectivity index (χ2v) is 6.93. The largest absolute Gasteiger partial charge is 0.382 e. The number of piperidine rings is 1. The first-order chi connectivity index (χ1) is 11.1. The molecule has 0 saturated carbocycles. The molecule has 5 atom stereocenters. The predicted octanol–water partition coefficient (Wildman–Crippen LogP) is 2.38. The Labute approximate surface area is 138 Å². The average molecular weight is 311 g/mol. The van der Waals surface area contributed by atoms with E-state index in [4.69, 9.17) is 0 Å². The molecule has 1 fully saturated rings. The van der Waals surface area contributed by atoms with E-state index >= 15 is 0 Å². The highest BCUT2D eigenvalue weighted by Gasteiger charge is 2.34. The van der Waals surface area contributed by atoms with E-state index in [9.17, 15) is 5.11 Å². The number of nitrogens with zero attached hydrogens (tertiary/aromatic N) is 1. The molecule has 0 bridgehead atoms. The second-order valence-electron chi connectivity index (χ2n) is 6.93. The molecular weight excluding hydrogens is 284 g/mol. The number of para-hydroxylation sites is 1. The lowest BCUT2D eigenvalue weighted by molar-refractivity contribution is -0.936. The zero-order valence-corrected chi connectivity index (χ0v) is 14.1. The van der Waals surface area contributed by atoms with Crippen LogP contribution < -0.4 is 4.90 Å². The third kappa shape index (κ3) is 3.17. The molecule has 3 rings (SSSR count). The number of fused-ring (bicyclic) bond motifs is 1. The molecule has 1 aromatic carbocycles. The molecule has 2 N–H and O–H groups in total. The Morgan fingerprint density at radius 2 is 2.13 bits per heavy atom. The zero-order chi connectivity index (χ0) is 16.4. The molecule has 3 nitrogen and oxygen atoms in total. The predicted molar refractivity (Wildman–Crippen MR) is 94.3 cm³/mol. The minimum atomic E-state index is -0.475. The highest BCUT2D eigenvalue weighted by Crippen LogP contribution is 2.25. The summed E-state index contributed by atoms with van der Waals surface area (Å²) in [5.41, 5.74) is 1.94. The summed E-state index contributed by atoms with van der Waals surface area (Å²) in [6, 6.07) is 10.2. The van der Waals surface area contributed by atoms with Crippen molar-refractivity contribution in [3.63, 3.8) is 0 Å². The van der Waals surface area contributed by atoms with Crippen LogP contribution in [0, 0.1) is 11.8 Å². The quantitative estimate of drug-likeness (QED) is 0.851. The van der Waals surface area contributed by atoms with Gasteiger partial charge in [0.15, 0.2) is 0 Å². The van der Waals surface area contributed by atoms with Crippen LogP contribution in [-0.2, 0) is 0 Å². The molecule has 0 radical (unpaired) electrons. The van der Waals surface area contributed by atoms with Gasteiger partial charge < -0.3 is 10.0 Å². The van der Waals surface area contributed by atoms with E-state index in [2.05, 4.69) is 31.5 Å². The number of quaternary nitrogens is 1. The second kappa shape index (κ2) is 6.81. The van der Waals surface area contributed by atoms with Crippen LogP contribution in [-0.4, -0.2) is 29.2 Å². The van der Waals surface area contributed by atoms with E-state index in [0.29, 0.717) is 11.8 Å². The zero-order valence-electron chi connectivity index (χ0n) is 14.1. The number of aromatic nitrogens is 1. The minimum absolute atomic E-state index is 0.163. The van der Waals surface area contributed by atoms with Crippen LogP contribution in [0.4, 0.5) is 0 Å². The van der Waals surface area contributed by atoms with Gasteiger partial charge in [0.25, 0.3) is 0 Å². The van der Waals surface area contributed by atoms with Crippen LogP contribution in [0.3, 0.4) is 0 Å². The van der Waals surface area contributed by atoms with Crippen molar-refractivity contribution in [3.8, 4) is 0 Å². The lowest BCUT2D eigenvalue weighted by Gasteiger charge is -2.38. The minimum Gasteiger partial charge on any atom is -0.382 e. The molecule has 1 aromatic heterocycles. The number of likely N-dealkylation sites (tertiary alicyclic amines) is 1. The molecule has 23 heavy (non-hydrogen) atoms. The average Bonchev–Trinajstić information content (AvgIpc) is 2.60. The SMILES string of the molecule is C=CC1C[NH+](C(C)C(O)c2ccnc3ccccc23)CCC1C. The van der Waals surface area contributed by atoms with Crippen molar-refractivity contribution in [1.29, 1.82) is 0 Å². The van der Waals surface area contributed by atoms with Crippen molar-refractivity contribution in [2.75, 3.05) is 13.1 Å². The number of pyridine rings is 1. The van der Waals surface area contributed by atoms with Crippen molar-refractivity contribution < 1.29 is 10.0 Å². The van der Waals surface area contributed by atoms with Crippen molar-refractivity contribution in [2.45, 2.75) is 32.4 Å². The number of aliphatic hydroxyl groups excluding tert-OH is 1. The first kappa shape index (κ1) is 16.2. The van der Waals surface area contributed by atoms with E-state index in [0.717, 1.165) is 29.6 Å². The van der Waals surface area contributed by atoms with Crippen molar-refractivity contribution in [2.24, 2.45) is 11.8 Å². The maximum absolute atomic E-state index is 11.0. The van der Waals surface area contributed by atoms with Gasteiger partial charge in [-0.1, -0.05) is 31.2 Å². The van der Waals surface area contributed by atoms with Gasteiger partial charge in [0, 0.05) is 17.5 Å². The van der Waals surface area contributed by atoms with Gasteiger partial charge in [0.05, 0.1) is 18.6 Å². The number of nitrogens with one attached hydrogen (secondary N) is 1. The Morgan fingerprint density at radius 1 is 1.35 bits per heavy atom. The van der Waals surface area contributed by atoms with Gasteiger partial charge in [0.1, 0.15) is 12.1 Å². The molecular formula is C20H27N2O+. The Balaban J connectivity index is 1.84. The Bertz CT molecular complexity index is 679. The van der Waals surface area contributed by atoms with E-state index in [1.807, 2.05) is 30.3 Å². The molecule has 0 spiro atoms. The summed E-state index contributed by atoms with van der Waals surface area (Å²) >= 11 is 0. The summed E-state index contributed by atoms with van der Waals surface area (Å²) in [6.45, 7) is 10.6. The van der Waals surface area contributed by atoms with Gasteiger partial charge in [-0.05, 0) is 37.0 Å². The lowest BCUT2D eigenvalue weighted by atomic mass is 9.85. The fraction of sp³-hybridized carbons (Fsp3) is 0.450.